The van der Waals surface area contributed by atoms with Crippen molar-refractivity contribution in [1.29, 1.82) is 0 Å². The van der Waals surface area contributed by atoms with E-state index in [2.05, 4.69) is 0 Å². The zero-order valence-electron chi connectivity index (χ0n) is 22.1. The molecule has 8 nitrogen and oxygen atoms in total. The summed E-state index contributed by atoms with van der Waals surface area (Å²) in [5.74, 6) is -2.15. The van der Waals surface area contributed by atoms with E-state index in [1.807, 2.05) is 45.1 Å². The van der Waals surface area contributed by atoms with E-state index < -0.39 is 35.6 Å². The van der Waals surface area contributed by atoms with Gasteiger partial charge in [-0.1, -0.05) is 56.7 Å². The summed E-state index contributed by atoms with van der Waals surface area (Å²) in [7, 11) is 0. The number of aliphatic hydroxyl groups excluding tert-OH is 1. The molecule has 1 spiro atoms. The molecule has 0 saturated carbocycles. The fraction of sp³-hybridized carbons (Fsp3) is 0.552. The number of benzene rings is 1. The van der Waals surface area contributed by atoms with Crippen molar-refractivity contribution in [2.45, 2.75) is 57.4 Å². The Kier molecular flexibility index (Phi) is 7.42. The molecule has 9 heteroatoms. The third-order valence-corrected chi connectivity index (χ3v) is 8.41. The van der Waals surface area contributed by atoms with Crippen LogP contribution in [0.4, 0.5) is 5.69 Å². The van der Waals surface area contributed by atoms with Crippen molar-refractivity contribution in [1.82, 2.24) is 9.80 Å². The monoisotopic (exact) mass is 541 g/mol. The van der Waals surface area contributed by atoms with Crippen molar-refractivity contribution in [3.8, 4) is 0 Å². The number of carbonyl (C=O) groups excluding carboxylic acids is 3. The lowest BCUT2D eigenvalue weighted by atomic mass is 9.77. The Morgan fingerprint density at radius 2 is 1.82 bits per heavy atom. The summed E-state index contributed by atoms with van der Waals surface area (Å²) in [6, 6.07) is 5.40. The molecule has 4 aliphatic heterocycles. The number of rotatable bonds is 7. The maximum atomic E-state index is 14.4. The number of hydrogen-bond donors (Lipinski definition) is 1. The van der Waals surface area contributed by atoms with Crippen molar-refractivity contribution >= 4 is 35.0 Å². The van der Waals surface area contributed by atoms with E-state index in [1.54, 1.807) is 34.1 Å². The third-order valence-electron chi connectivity index (χ3n) is 8.16. The van der Waals surface area contributed by atoms with E-state index in [9.17, 15) is 19.5 Å². The van der Waals surface area contributed by atoms with Crippen LogP contribution in [0.3, 0.4) is 0 Å². The van der Waals surface area contributed by atoms with E-state index in [0.29, 0.717) is 30.2 Å². The molecule has 1 N–H and O–H groups in total. The van der Waals surface area contributed by atoms with Crippen molar-refractivity contribution in [2.24, 2.45) is 17.8 Å². The highest BCUT2D eigenvalue weighted by molar-refractivity contribution is 6.30. The SMILES string of the molecule is CCCN1CC=C[C@@H]2O[C@]34C=CCN(c5ccc(Cl)cc5)C(=O)C3N([C@@H](CO)CC(C)C)C(=O)[C@@H]4[C@@H]2C1=O. The highest BCUT2D eigenvalue weighted by atomic mass is 35.5. The molecule has 4 heterocycles. The molecule has 6 atom stereocenters. The van der Waals surface area contributed by atoms with Crippen LogP contribution in [0.1, 0.15) is 33.6 Å². The van der Waals surface area contributed by atoms with Gasteiger partial charge in [0.15, 0.2) is 0 Å². The summed E-state index contributed by atoms with van der Waals surface area (Å²) in [4.78, 5) is 47.6. The van der Waals surface area contributed by atoms with E-state index in [-0.39, 0.29) is 36.8 Å². The van der Waals surface area contributed by atoms with Gasteiger partial charge in [-0.15, -0.1) is 0 Å². The zero-order chi connectivity index (χ0) is 27.2. The van der Waals surface area contributed by atoms with Gasteiger partial charge in [0.1, 0.15) is 11.6 Å². The number of hydrogen-bond acceptors (Lipinski definition) is 5. The van der Waals surface area contributed by atoms with Crippen LogP contribution in [0.5, 0.6) is 0 Å². The van der Waals surface area contributed by atoms with Crippen LogP contribution >= 0.6 is 11.6 Å². The van der Waals surface area contributed by atoms with Crippen LogP contribution < -0.4 is 4.90 Å². The second-order valence-electron chi connectivity index (χ2n) is 11.1. The fourth-order valence-electron chi connectivity index (χ4n) is 6.67. The maximum Gasteiger partial charge on any atom is 0.253 e. The molecule has 38 heavy (non-hydrogen) atoms. The average Bonchev–Trinajstić information content (AvgIpc) is 3.21. The highest BCUT2D eigenvalue weighted by Crippen LogP contribution is 2.54. The third kappa shape index (κ3) is 4.27. The topological polar surface area (TPSA) is 90.4 Å². The quantitative estimate of drug-likeness (QED) is 0.536. The predicted octanol–water partition coefficient (Wildman–Crippen LogP) is 3.04. The van der Waals surface area contributed by atoms with Crippen LogP contribution in [0.2, 0.25) is 5.02 Å². The van der Waals surface area contributed by atoms with Gasteiger partial charge in [0.2, 0.25) is 11.8 Å². The first-order chi connectivity index (χ1) is 18.2. The van der Waals surface area contributed by atoms with E-state index in [1.165, 1.54) is 4.90 Å². The minimum Gasteiger partial charge on any atom is -0.394 e. The van der Waals surface area contributed by atoms with Gasteiger partial charge in [0, 0.05) is 30.3 Å². The van der Waals surface area contributed by atoms with Crippen LogP contribution in [0, 0.1) is 17.8 Å². The van der Waals surface area contributed by atoms with E-state index in [0.717, 1.165) is 6.42 Å². The Labute approximate surface area is 228 Å². The molecule has 2 saturated heterocycles. The highest BCUT2D eigenvalue weighted by Gasteiger charge is 2.72. The van der Waals surface area contributed by atoms with Crippen LogP contribution in [-0.4, -0.2) is 82.7 Å². The lowest BCUT2D eigenvalue weighted by Gasteiger charge is -2.39. The Morgan fingerprint density at radius 1 is 1.08 bits per heavy atom. The second-order valence-corrected chi connectivity index (χ2v) is 11.5. The van der Waals surface area contributed by atoms with E-state index >= 15 is 0 Å². The molecule has 0 aromatic heterocycles. The van der Waals surface area contributed by atoms with Gasteiger partial charge in [0.25, 0.3) is 5.91 Å². The van der Waals surface area contributed by atoms with Crippen LogP contribution in [0.15, 0.2) is 48.6 Å². The first kappa shape index (κ1) is 26.9. The number of aliphatic hydroxyl groups is 1. The normalized spacial score (nSPS) is 31.4. The standard InChI is InChI=1S/C29H36ClN3O5/c1-4-13-31-14-5-7-22-23(26(31)35)24-27(36)33(21(17-34)16-18(2)3)25-28(37)32(15-6-12-29(24,25)38-22)20-10-8-19(30)9-11-20/h5-12,18,21-25,34H,4,13-17H2,1-3H3/t21-,22+,23-,24+,25?,29+/m1/s1. The minimum absolute atomic E-state index is 0.123. The summed E-state index contributed by atoms with van der Waals surface area (Å²) in [5, 5.41) is 11.0. The number of fused-ring (bicyclic) bond motifs is 2. The van der Waals surface area contributed by atoms with Crippen molar-refractivity contribution in [2.75, 3.05) is 31.1 Å². The molecular formula is C29H36ClN3O5. The molecule has 0 radical (unpaired) electrons. The van der Waals surface area contributed by atoms with Crippen molar-refractivity contribution in [3.05, 3.63) is 53.6 Å². The molecule has 1 unspecified atom stereocenters. The molecule has 0 aliphatic carbocycles. The second kappa shape index (κ2) is 10.5. The summed E-state index contributed by atoms with van der Waals surface area (Å²) >= 11 is 6.10. The molecule has 4 aliphatic rings. The van der Waals surface area contributed by atoms with Crippen molar-refractivity contribution in [3.63, 3.8) is 0 Å². The molecule has 5 rings (SSSR count). The van der Waals surface area contributed by atoms with Crippen LogP contribution in [0.25, 0.3) is 0 Å². The van der Waals surface area contributed by atoms with E-state index in [4.69, 9.17) is 16.3 Å². The Balaban J connectivity index is 1.63. The van der Waals surface area contributed by atoms with Crippen molar-refractivity contribution < 1.29 is 24.2 Å². The molecule has 204 valence electrons. The molecule has 2 fully saturated rings. The molecule has 0 bridgehead atoms. The number of likely N-dealkylation sites (tertiary alicyclic amines) is 1. The number of carbonyl (C=O) groups is 3. The maximum absolute atomic E-state index is 14.4. The lowest BCUT2D eigenvalue weighted by Crippen LogP contribution is -2.58. The zero-order valence-corrected chi connectivity index (χ0v) is 22.9. The largest absolute Gasteiger partial charge is 0.394 e. The number of anilines is 1. The van der Waals surface area contributed by atoms with Crippen LogP contribution in [-0.2, 0) is 19.1 Å². The van der Waals surface area contributed by atoms with Gasteiger partial charge < -0.3 is 24.5 Å². The molecule has 1 aromatic carbocycles. The summed E-state index contributed by atoms with van der Waals surface area (Å²) in [6.07, 6.45) is 8.19. The summed E-state index contributed by atoms with van der Waals surface area (Å²) < 4.78 is 6.68. The Hall–Kier alpha value is -2.68. The minimum atomic E-state index is -1.32. The molecular weight excluding hydrogens is 506 g/mol. The van der Waals surface area contributed by atoms with Gasteiger partial charge in [-0.05, 0) is 43.0 Å². The summed E-state index contributed by atoms with van der Waals surface area (Å²) in [5.41, 5.74) is -0.664. The first-order valence-electron chi connectivity index (χ1n) is 13.5. The summed E-state index contributed by atoms with van der Waals surface area (Å²) in [6.45, 7) is 7.10. The number of ether oxygens (including phenoxy) is 1. The van der Waals surface area contributed by atoms with Gasteiger partial charge in [-0.3, -0.25) is 14.4 Å². The average molecular weight is 542 g/mol. The first-order valence-corrected chi connectivity index (χ1v) is 13.9. The van der Waals surface area contributed by atoms with Gasteiger partial charge in [-0.2, -0.15) is 0 Å². The fourth-order valence-corrected chi connectivity index (χ4v) is 6.79. The Morgan fingerprint density at radius 3 is 2.47 bits per heavy atom. The smallest absolute Gasteiger partial charge is 0.253 e. The Bertz CT molecular complexity index is 1150. The van der Waals surface area contributed by atoms with Gasteiger partial charge >= 0.3 is 0 Å². The molecule has 1 aromatic rings. The number of halogens is 1. The predicted molar refractivity (Wildman–Crippen MR) is 145 cm³/mol. The van der Waals surface area contributed by atoms with Gasteiger partial charge in [0.05, 0.1) is 30.6 Å². The molecule has 3 amide bonds. The van der Waals surface area contributed by atoms with Gasteiger partial charge in [-0.25, -0.2) is 0 Å². The lowest BCUT2D eigenvalue weighted by molar-refractivity contribution is -0.147. The number of amides is 3. The number of nitrogens with zero attached hydrogens (tertiary/aromatic N) is 3.